The van der Waals surface area contributed by atoms with E-state index < -0.39 is 5.56 Å². The number of ether oxygens (including phenoxy) is 2. The lowest BCUT2D eigenvalue weighted by atomic mass is 10.0. The number of fused-ring (bicyclic) bond motifs is 1. The first kappa shape index (κ1) is 27.0. The van der Waals surface area contributed by atoms with Gasteiger partial charge in [-0.05, 0) is 72.9 Å². The molecule has 6 rings (SSSR count). The molecule has 2 heterocycles. The van der Waals surface area contributed by atoms with Gasteiger partial charge < -0.3 is 14.6 Å². The van der Waals surface area contributed by atoms with Crippen molar-refractivity contribution >= 4 is 35.8 Å². The maximum Gasteiger partial charge on any atom is 0.270 e. The minimum Gasteiger partial charge on any atom is -0.497 e. The number of hydrogen-bond donors (Lipinski definition) is 1. The van der Waals surface area contributed by atoms with Crippen molar-refractivity contribution in [3.63, 3.8) is 0 Å². The number of methoxy groups -OCH3 is 2. The number of para-hydroxylation sites is 1. The van der Waals surface area contributed by atoms with Gasteiger partial charge in [-0.1, -0.05) is 42.5 Å². The second-order valence-electron chi connectivity index (χ2n) is 9.75. The first-order valence-corrected chi connectivity index (χ1v) is 13.8. The van der Waals surface area contributed by atoms with Crippen molar-refractivity contribution in [3.8, 4) is 28.8 Å². The Balaban J connectivity index is 1.58. The highest BCUT2D eigenvalue weighted by Gasteiger charge is 2.27. The minimum absolute atomic E-state index is 0.109. The van der Waals surface area contributed by atoms with Gasteiger partial charge in [0.2, 0.25) is 11.6 Å². The van der Waals surface area contributed by atoms with Gasteiger partial charge in [0.15, 0.2) is 17.5 Å². The van der Waals surface area contributed by atoms with Crippen LogP contribution in [0.3, 0.4) is 0 Å². The largest absolute Gasteiger partial charge is 0.497 e. The highest BCUT2D eigenvalue weighted by atomic mass is 32.1. The van der Waals surface area contributed by atoms with E-state index in [1.807, 2.05) is 42.6 Å². The molecule has 8 heteroatoms. The molecule has 0 spiro atoms. The summed E-state index contributed by atoms with van der Waals surface area (Å²) in [6.45, 7) is 0.661. The molecule has 1 N–H and O–H groups in total. The lowest BCUT2D eigenvalue weighted by Gasteiger charge is -2.17. The molecule has 0 saturated carbocycles. The molecule has 4 aromatic carbocycles. The summed E-state index contributed by atoms with van der Waals surface area (Å²) in [5.41, 5.74) is 4.74. The Kier molecular flexibility index (Phi) is 7.29. The van der Waals surface area contributed by atoms with E-state index in [9.17, 15) is 9.90 Å². The zero-order valence-corrected chi connectivity index (χ0v) is 23.9. The summed E-state index contributed by atoms with van der Waals surface area (Å²) in [5.74, 6) is 1.06. The van der Waals surface area contributed by atoms with Crippen molar-refractivity contribution in [2.75, 3.05) is 14.2 Å². The van der Waals surface area contributed by atoms with E-state index in [2.05, 4.69) is 22.8 Å². The molecule has 42 heavy (non-hydrogen) atoms. The predicted octanol–water partition coefficient (Wildman–Crippen LogP) is 6.55. The number of benzene rings is 4. The maximum atomic E-state index is 14.1. The van der Waals surface area contributed by atoms with Gasteiger partial charge in [-0.25, -0.2) is 0 Å². The summed E-state index contributed by atoms with van der Waals surface area (Å²) < 4.78 is 15.8. The van der Waals surface area contributed by atoms with E-state index in [1.54, 1.807) is 68.8 Å². The van der Waals surface area contributed by atoms with Crippen LogP contribution in [-0.4, -0.2) is 39.3 Å². The van der Waals surface area contributed by atoms with Crippen LogP contribution in [0.5, 0.6) is 17.4 Å². The molecule has 1 aliphatic heterocycles. The van der Waals surface area contributed by atoms with Crippen LogP contribution in [0, 0.1) is 4.77 Å². The van der Waals surface area contributed by atoms with Gasteiger partial charge >= 0.3 is 0 Å². The Hall–Kier alpha value is -5.21. The maximum absolute atomic E-state index is 14.1. The van der Waals surface area contributed by atoms with Crippen LogP contribution in [0.1, 0.15) is 16.7 Å². The molecule has 0 unspecified atom stereocenters. The Labute approximate surface area is 248 Å². The lowest BCUT2D eigenvalue weighted by molar-refractivity contribution is -0.449. The standard InChI is InChI=1S/C34H27N3O4S/c1-40-27-16-12-25(13-17-27)36-32(38)30(33(39)37(34(36)42)26-14-18-28(41-2)19-15-26)20-24-22-35(21-23-8-4-3-5-9-23)31-11-7-6-10-29(24)31/h3-20,22H,21H2,1-2H3/p+1. The van der Waals surface area contributed by atoms with Crippen LogP contribution in [0.15, 0.2) is 108 Å². The minimum atomic E-state index is -0.438. The Morgan fingerprint density at radius 1 is 0.786 bits per heavy atom. The summed E-state index contributed by atoms with van der Waals surface area (Å²) in [7, 11) is 3.17. The molecule has 0 amide bonds. The van der Waals surface area contributed by atoms with E-state index in [-0.39, 0.29) is 16.2 Å². The van der Waals surface area contributed by atoms with Crippen molar-refractivity contribution in [1.29, 1.82) is 0 Å². The van der Waals surface area contributed by atoms with E-state index in [0.29, 0.717) is 29.4 Å². The van der Waals surface area contributed by atoms with Crippen LogP contribution in [0.4, 0.5) is 5.69 Å². The number of aromatic nitrogens is 2. The first-order chi connectivity index (χ1) is 20.5. The number of hydrogen-bond acceptors (Lipinski definition) is 5. The van der Waals surface area contributed by atoms with Gasteiger partial charge in [0, 0.05) is 11.6 Å². The van der Waals surface area contributed by atoms with Gasteiger partial charge in [-0.3, -0.25) is 13.9 Å². The fraction of sp³-hybridized carbons (Fsp3) is 0.0882. The average molecular weight is 575 g/mol. The van der Waals surface area contributed by atoms with Crippen LogP contribution in [0.25, 0.3) is 23.0 Å². The summed E-state index contributed by atoms with van der Waals surface area (Å²) in [6.07, 6.45) is 3.74. The predicted molar refractivity (Wildman–Crippen MR) is 167 cm³/mol. The molecule has 0 radical (unpaired) electrons. The third-order valence-corrected chi connectivity index (χ3v) is 7.61. The van der Waals surface area contributed by atoms with Crippen LogP contribution < -0.4 is 15.0 Å². The monoisotopic (exact) mass is 574 g/mol. The van der Waals surface area contributed by atoms with Crippen LogP contribution >= 0.6 is 12.2 Å². The molecule has 7 nitrogen and oxygen atoms in total. The Morgan fingerprint density at radius 2 is 1.36 bits per heavy atom. The van der Waals surface area contributed by atoms with E-state index in [0.717, 1.165) is 22.4 Å². The van der Waals surface area contributed by atoms with Gasteiger partial charge in [0.1, 0.15) is 17.1 Å². The zero-order chi connectivity index (χ0) is 29.2. The quantitative estimate of drug-likeness (QED) is 0.176. The molecule has 0 fully saturated rings. The smallest absolute Gasteiger partial charge is 0.270 e. The zero-order valence-electron chi connectivity index (χ0n) is 23.1. The molecular formula is C34H28N3O4S+. The summed E-state index contributed by atoms with van der Waals surface area (Å²) in [6, 6.07) is 32.4. The molecule has 5 aromatic rings. The third-order valence-electron chi connectivity index (χ3n) is 7.25. The van der Waals surface area contributed by atoms with Crippen molar-refractivity contribution in [2.24, 2.45) is 0 Å². The SMILES string of the molecule is COc1ccc(-n2c(O)c(C=C3C=[N+](Cc4ccccc4)c4ccccc43)c(=O)n(-c3ccc(OC)cc3)c2=S)cc1. The highest BCUT2D eigenvalue weighted by molar-refractivity contribution is 7.71. The molecule has 0 atom stereocenters. The summed E-state index contributed by atoms with van der Waals surface area (Å²) in [5, 5.41) is 11.7. The van der Waals surface area contributed by atoms with Crippen LogP contribution in [0.2, 0.25) is 0 Å². The molecule has 0 bridgehead atoms. The second-order valence-corrected chi connectivity index (χ2v) is 10.1. The normalized spacial score (nSPS) is 13.1. The summed E-state index contributed by atoms with van der Waals surface area (Å²) in [4.78, 5) is 14.1. The van der Waals surface area contributed by atoms with E-state index in [4.69, 9.17) is 21.7 Å². The van der Waals surface area contributed by atoms with Gasteiger partial charge in [-0.15, -0.1) is 0 Å². The molecule has 1 aliphatic rings. The highest BCUT2D eigenvalue weighted by Crippen LogP contribution is 2.34. The molecular weight excluding hydrogens is 546 g/mol. The molecule has 1 aromatic heterocycles. The van der Waals surface area contributed by atoms with E-state index >= 15 is 0 Å². The average Bonchev–Trinajstić information content (AvgIpc) is 3.37. The van der Waals surface area contributed by atoms with Crippen LogP contribution in [-0.2, 0) is 6.54 Å². The second kappa shape index (κ2) is 11.3. The molecule has 0 aliphatic carbocycles. The topological polar surface area (TPSA) is 68.6 Å². The number of allylic oxidation sites excluding steroid dienone is 1. The Morgan fingerprint density at radius 3 is 1.98 bits per heavy atom. The summed E-state index contributed by atoms with van der Waals surface area (Å²) >= 11 is 5.82. The lowest BCUT2D eigenvalue weighted by Crippen LogP contribution is -2.25. The van der Waals surface area contributed by atoms with Crippen molar-refractivity contribution < 1.29 is 19.2 Å². The van der Waals surface area contributed by atoms with Crippen molar-refractivity contribution in [3.05, 3.63) is 135 Å². The number of aromatic hydroxyl groups is 1. The van der Waals surface area contributed by atoms with E-state index in [1.165, 1.54) is 9.13 Å². The van der Waals surface area contributed by atoms with Gasteiger partial charge in [0.25, 0.3) is 5.56 Å². The first-order valence-electron chi connectivity index (χ1n) is 13.3. The fourth-order valence-electron chi connectivity index (χ4n) is 5.12. The van der Waals surface area contributed by atoms with Crippen molar-refractivity contribution in [1.82, 2.24) is 9.13 Å². The fourth-order valence-corrected chi connectivity index (χ4v) is 5.50. The van der Waals surface area contributed by atoms with Crippen molar-refractivity contribution in [2.45, 2.75) is 6.54 Å². The number of rotatable bonds is 7. The molecule has 0 saturated heterocycles. The Bertz CT molecular complexity index is 1960. The number of nitrogens with zero attached hydrogens (tertiary/aromatic N) is 3. The van der Waals surface area contributed by atoms with Gasteiger partial charge in [-0.2, -0.15) is 4.58 Å². The van der Waals surface area contributed by atoms with Gasteiger partial charge in [0.05, 0.1) is 36.7 Å². The third kappa shape index (κ3) is 4.93. The molecule has 208 valence electrons.